The number of aromatic hydroxyl groups is 1. The van der Waals surface area contributed by atoms with E-state index in [2.05, 4.69) is 20.5 Å². The minimum Gasteiger partial charge on any atom is -0.508 e. The van der Waals surface area contributed by atoms with Crippen molar-refractivity contribution in [1.82, 2.24) is 20.2 Å². The summed E-state index contributed by atoms with van der Waals surface area (Å²) >= 11 is 0. The van der Waals surface area contributed by atoms with Gasteiger partial charge in [-0.05, 0) is 82.6 Å². The van der Waals surface area contributed by atoms with Gasteiger partial charge in [0.2, 0.25) is 5.95 Å². The number of phenols is 1. The van der Waals surface area contributed by atoms with Crippen LogP contribution in [0, 0.1) is 0 Å². The molecule has 5 rings (SSSR count). The number of aliphatic hydroxyl groups is 1. The maximum absolute atomic E-state index is 13.5. The normalized spacial score (nSPS) is 20.2. The van der Waals surface area contributed by atoms with E-state index >= 15 is 0 Å². The minimum absolute atomic E-state index is 0.0787. The van der Waals surface area contributed by atoms with Crippen molar-refractivity contribution in [3.05, 3.63) is 41.1 Å². The van der Waals surface area contributed by atoms with Gasteiger partial charge in [-0.1, -0.05) is 25.3 Å². The van der Waals surface area contributed by atoms with E-state index in [4.69, 9.17) is 9.72 Å². The molecule has 0 unspecified atom stereocenters. The van der Waals surface area contributed by atoms with Crippen LogP contribution in [0.2, 0.25) is 0 Å². The molecule has 2 atom stereocenters. The molecular weight excluding hydrogens is 548 g/mol. The predicted octanol–water partition coefficient (Wildman–Crippen LogP) is 4.37. The van der Waals surface area contributed by atoms with Gasteiger partial charge in [0.25, 0.3) is 5.91 Å². The summed E-state index contributed by atoms with van der Waals surface area (Å²) in [6.45, 7) is 7.18. The third-order valence-electron chi connectivity index (χ3n) is 8.45. The first-order chi connectivity index (χ1) is 20.6. The second-order valence-corrected chi connectivity index (χ2v) is 13.1. The molecule has 0 spiro atoms. The van der Waals surface area contributed by atoms with E-state index < -0.39 is 29.7 Å². The third kappa shape index (κ3) is 8.07. The number of amides is 2. The van der Waals surface area contributed by atoms with Crippen molar-refractivity contribution in [3.8, 4) is 5.75 Å². The number of piperidine rings is 1. The topological polar surface area (TPSA) is 140 Å². The molecule has 234 valence electrons. The summed E-state index contributed by atoms with van der Waals surface area (Å²) in [7, 11) is 0. The van der Waals surface area contributed by atoms with Crippen LogP contribution in [-0.2, 0) is 17.7 Å². The molecule has 1 saturated carbocycles. The van der Waals surface area contributed by atoms with Gasteiger partial charge in [0.1, 0.15) is 22.9 Å². The molecule has 1 aromatic carbocycles. The molecule has 2 aliphatic heterocycles. The number of aliphatic hydroxyl groups excluding tert-OH is 1. The van der Waals surface area contributed by atoms with Crippen LogP contribution < -0.4 is 15.5 Å². The number of benzene rings is 1. The van der Waals surface area contributed by atoms with E-state index in [-0.39, 0.29) is 24.5 Å². The van der Waals surface area contributed by atoms with Crippen molar-refractivity contribution in [3.63, 3.8) is 0 Å². The van der Waals surface area contributed by atoms with Crippen molar-refractivity contribution in [2.45, 2.75) is 109 Å². The molecule has 1 aromatic heterocycles. The number of hydrogen-bond acceptors (Lipinski definition) is 9. The van der Waals surface area contributed by atoms with Gasteiger partial charge in [-0.2, -0.15) is 4.98 Å². The van der Waals surface area contributed by atoms with Crippen LogP contribution in [0.1, 0.15) is 93.8 Å². The molecule has 2 aromatic rings. The molecule has 2 fully saturated rings. The largest absolute Gasteiger partial charge is 0.508 e. The summed E-state index contributed by atoms with van der Waals surface area (Å²) < 4.78 is 5.64. The zero-order chi connectivity index (χ0) is 30.6. The Labute approximate surface area is 254 Å². The summed E-state index contributed by atoms with van der Waals surface area (Å²) in [4.78, 5) is 39.7. The second kappa shape index (κ2) is 13.4. The van der Waals surface area contributed by atoms with Crippen LogP contribution in [-0.4, -0.2) is 80.5 Å². The zero-order valence-corrected chi connectivity index (χ0v) is 25.6. The Kier molecular flexibility index (Phi) is 9.59. The fourth-order valence-corrected chi connectivity index (χ4v) is 6.20. The van der Waals surface area contributed by atoms with Gasteiger partial charge in [0.05, 0.1) is 12.1 Å². The number of anilines is 2. The van der Waals surface area contributed by atoms with Crippen molar-refractivity contribution >= 4 is 23.8 Å². The molecule has 2 amide bonds. The lowest BCUT2D eigenvalue weighted by molar-refractivity contribution is -0.0113. The maximum atomic E-state index is 13.5. The average Bonchev–Trinajstić information content (AvgIpc) is 2.99. The lowest BCUT2D eigenvalue weighted by Crippen LogP contribution is -2.54. The van der Waals surface area contributed by atoms with Crippen LogP contribution in [0.15, 0.2) is 24.3 Å². The van der Waals surface area contributed by atoms with Crippen LogP contribution in [0.3, 0.4) is 0 Å². The van der Waals surface area contributed by atoms with Gasteiger partial charge in [-0.25, -0.2) is 9.78 Å². The first-order valence-corrected chi connectivity index (χ1v) is 15.7. The van der Waals surface area contributed by atoms with E-state index in [0.29, 0.717) is 24.2 Å². The van der Waals surface area contributed by atoms with Gasteiger partial charge in [-0.15, -0.1) is 0 Å². The zero-order valence-electron chi connectivity index (χ0n) is 25.6. The summed E-state index contributed by atoms with van der Waals surface area (Å²) in [5, 5.41) is 27.7. The highest BCUT2D eigenvalue weighted by Crippen LogP contribution is 2.30. The van der Waals surface area contributed by atoms with E-state index in [0.717, 1.165) is 49.9 Å². The van der Waals surface area contributed by atoms with Gasteiger partial charge in [0.15, 0.2) is 0 Å². The molecule has 3 heterocycles. The summed E-state index contributed by atoms with van der Waals surface area (Å²) in [6, 6.07) is 6.42. The average molecular weight is 595 g/mol. The molecule has 11 heteroatoms. The molecular formula is C32H46N6O5. The molecule has 3 aliphatic rings. The van der Waals surface area contributed by atoms with Gasteiger partial charge < -0.3 is 30.5 Å². The van der Waals surface area contributed by atoms with Crippen molar-refractivity contribution in [1.29, 1.82) is 0 Å². The van der Waals surface area contributed by atoms with Crippen molar-refractivity contribution in [2.75, 3.05) is 29.9 Å². The first kappa shape index (κ1) is 30.8. The predicted molar refractivity (Wildman–Crippen MR) is 164 cm³/mol. The fraction of sp³-hybridized carbons (Fsp3) is 0.625. The standard InChI is InChI=1S/C32H46N6O5/c1-32(2,3)43-31(42)38-20-22-16-24(39)13-12-21(22)17-26(38)27(40)19-33-29(41)25-18-28(34-23-10-6-4-7-11-23)36-30(35-25)37-14-8-5-9-15-37/h12-13,16,18,23,26-27,39-40H,4-11,14-15,17,19-20H2,1-3H3,(H,33,41)(H,34,35,36)/t26-,27+/m0/s1. The van der Waals surface area contributed by atoms with Crippen LogP contribution in [0.4, 0.5) is 16.6 Å². The Morgan fingerprint density at radius 1 is 1.02 bits per heavy atom. The number of carbonyl (C=O) groups excluding carboxylic acids is 2. The number of hydrogen-bond donors (Lipinski definition) is 4. The molecule has 0 bridgehead atoms. The van der Waals surface area contributed by atoms with E-state index in [9.17, 15) is 19.8 Å². The molecule has 1 saturated heterocycles. The quantitative estimate of drug-likeness (QED) is 0.368. The summed E-state index contributed by atoms with van der Waals surface area (Å²) in [6.07, 6.45) is 7.80. The summed E-state index contributed by atoms with van der Waals surface area (Å²) in [5.74, 6) is 0.905. The SMILES string of the molecule is CC(C)(C)OC(=O)N1Cc2cc(O)ccc2C[C@H]1[C@H](O)CNC(=O)c1cc(NC2CCCCC2)nc(N2CCCCC2)n1. The van der Waals surface area contributed by atoms with Gasteiger partial charge in [0, 0.05) is 38.3 Å². The monoisotopic (exact) mass is 594 g/mol. The molecule has 43 heavy (non-hydrogen) atoms. The van der Waals surface area contributed by atoms with Crippen molar-refractivity contribution in [2.24, 2.45) is 0 Å². The lowest BCUT2D eigenvalue weighted by Gasteiger charge is -2.40. The number of ether oxygens (including phenoxy) is 1. The Bertz CT molecular complexity index is 1290. The highest BCUT2D eigenvalue weighted by molar-refractivity contribution is 5.93. The number of aromatic nitrogens is 2. The molecule has 1 aliphatic carbocycles. The Morgan fingerprint density at radius 2 is 1.74 bits per heavy atom. The fourth-order valence-electron chi connectivity index (χ4n) is 6.20. The van der Waals surface area contributed by atoms with E-state index in [1.807, 2.05) is 0 Å². The molecule has 0 radical (unpaired) electrons. The highest BCUT2D eigenvalue weighted by Gasteiger charge is 2.37. The minimum atomic E-state index is -1.07. The highest BCUT2D eigenvalue weighted by atomic mass is 16.6. The van der Waals surface area contributed by atoms with E-state index in [1.54, 1.807) is 45.0 Å². The molecule has 11 nitrogen and oxygen atoms in total. The van der Waals surface area contributed by atoms with Crippen LogP contribution in [0.25, 0.3) is 0 Å². The lowest BCUT2D eigenvalue weighted by atomic mass is 9.91. The number of nitrogens with zero attached hydrogens (tertiary/aromatic N) is 4. The Morgan fingerprint density at radius 3 is 2.47 bits per heavy atom. The first-order valence-electron chi connectivity index (χ1n) is 15.7. The number of carbonyl (C=O) groups is 2. The molecule has 4 N–H and O–H groups in total. The third-order valence-corrected chi connectivity index (χ3v) is 8.45. The van der Waals surface area contributed by atoms with Crippen LogP contribution >= 0.6 is 0 Å². The summed E-state index contributed by atoms with van der Waals surface area (Å²) in [5.41, 5.74) is 1.24. The van der Waals surface area contributed by atoms with Gasteiger partial charge >= 0.3 is 6.09 Å². The van der Waals surface area contributed by atoms with Crippen LogP contribution in [0.5, 0.6) is 5.75 Å². The van der Waals surface area contributed by atoms with E-state index in [1.165, 1.54) is 30.6 Å². The number of rotatable bonds is 7. The Hall–Kier alpha value is -3.60. The maximum Gasteiger partial charge on any atom is 0.410 e. The number of fused-ring (bicyclic) bond motifs is 1. The van der Waals surface area contributed by atoms with Crippen molar-refractivity contribution < 1.29 is 24.5 Å². The van der Waals surface area contributed by atoms with Gasteiger partial charge in [-0.3, -0.25) is 9.69 Å². The Balaban J connectivity index is 1.31. The second-order valence-electron chi connectivity index (χ2n) is 13.1. The number of phenolic OH excluding ortho intramolecular Hbond substituents is 1. The number of nitrogens with one attached hydrogen (secondary N) is 2. The smallest absolute Gasteiger partial charge is 0.410 e.